The molecule has 0 aliphatic carbocycles. The highest BCUT2D eigenvalue weighted by molar-refractivity contribution is 5.97. The molecule has 3 amide bonds. The van der Waals surface area contributed by atoms with E-state index in [2.05, 4.69) is 46.5 Å². The zero-order chi connectivity index (χ0) is 89.7. The van der Waals surface area contributed by atoms with Crippen molar-refractivity contribution < 1.29 is 198 Å². The normalized spacial score (nSPS) is 38.9. The summed E-state index contributed by atoms with van der Waals surface area (Å²) in [7, 11) is 0. The van der Waals surface area contributed by atoms with Crippen molar-refractivity contribution in [2.45, 2.75) is 285 Å². The quantitative estimate of drug-likeness (QED) is 0.0276. The molecule has 23 heterocycles. The van der Waals surface area contributed by atoms with E-state index in [-0.39, 0.29) is 80.3 Å². The zero-order valence-electron chi connectivity index (χ0n) is 66.3. The molecule has 51 heteroatoms. The van der Waals surface area contributed by atoms with Crippen molar-refractivity contribution >= 4 is 52.3 Å². The van der Waals surface area contributed by atoms with E-state index in [0.717, 1.165) is 0 Å². The number of anilines is 2. The summed E-state index contributed by atoms with van der Waals surface area (Å²) in [6.45, 7) is -7.00. The molecule has 124 heavy (non-hydrogen) atoms. The Morgan fingerprint density at radius 2 is 0.774 bits per heavy atom. The van der Waals surface area contributed by atoms with Crippen LogP contribution in [0.4, 0.5) is 11.6 Å². The number of fused-ring (bicyclic) bond motifs is 1. The van der Waals surface area contributed by atoms with Crippen LogP contribution in [0.5, 0.6) is 0 Å². The van der Waals surface area contributed by atoms with Crippen molar-refractivity contribution in [3.05, 3.63) is 52.1 Å². The maximum Gasteiger partial charge on any atom is 0.326 e. The van der Waals surface area contributed by atoms with Gasteiger partial charge < -0.3 is 206 Å². The highest BCUT2D eigenvalue weighted by Crippen LogP contribution is 2.40. The van der Waals surface area contributed by atoms with Gasteiger partial charge in [0.1, 0.15) is 183 Å². The highest BCUT2D eigenvalue weighted by atomic mass is 16.8. The van der Waals surface area contributed by atoms with Crippen molar-refractivity contribution in [3.8, 4) is 0 Å². The Morgan fingerprint density at radius 1 is 0.427 bits per heavy atom. The van der Waals surface area contributed by atoms with Gasteiger partial charge in [-0.15, -0.1) is 0 Å². The number of amides is 3. The van der Waals surface area contributed by atoms with Gasteiger partial charge in [0.05, 0.1) is 64.6 Å². The number of H-pyrrole nitrogens is 1. The van der Waals surface area contributed by atoms with E-state index in [0.29, 0.717) is 37.1 Å². The number of carboxylic acids is 1. The van der Waals surface area contributed by atoms with Gasteiger partial charge in [0, 0.05) is 50.1 Å². The van der Waals surface area contributed by atoms with Crippen molar-refractivity contribution in [3.63, 3.8) is 0 Å². The van der Waals surface area contributed by atoms with Crippen LogP contribution in [-0.4, -0.2) is 443 Å². The average Bonchev–Trinajstić information content (AvgIpc) is 0.785. The van der Waals surface area contributed by atoms with Crippen LogP contribution >= 0.6 is 0 Å². The van der Waals surface area contributed by atoms with E-state index >= 15 is 0 Å². The van der Waals surface area contributed by atoms with Crippen LogP contribution in [0, 0.1) is 0 Å². The third-order valence-corrected chi connectivity index (χ3v) is 22.2. The number of nitrogens with two attached hydrogens (primary N) is 1. The molecule has 0 spiro atoms. The van der Waals surface area contributed by atoms with Gasteiger partial charge in [0.15, 0.2) is 55.2 Å². The van der Waals surface area contributed by atoms with Crippen molar-refractivity contribution in [1.82, 2.24) is 41.2 Å². The van der Waals surface area contributed by atoms with Crippen LogP contribution < -0.4 is 37.9 Å². The lowest BCUT2D eigenvalue weighted by molar-refractivity contribution is -0.396. The molecule has 2 aromatic heterocycles. The summed E-state index contributed by atoms with van der Waals surface area (Å²) >= 11 is 0. The number of nitrogen functional groups attached to an aromatic ring is 1. The van der Waals surface area contributed by atoms with Crippen molar-refractivity contribution in [2.75, 3.05) is 76.9 Å². The van der Waals surface area contributed by atoms with Crippen molar-refractivity contribution in [1.29, 1.82) is 0 Å². The fourth-order valence-corrected chi connectivity index (χ4v) is 15.3. The number of ether oxygens (including phenoxy) is 14. The largest absolute Gasteiger partial charge is 0.480 e. The fourth-order valence-electron chi connectivity index (χ4n) is 15.3. The lowest BCUT2D eigenvalue weighted by Gasteiger charge is -2.50. The first-order valence-electron chi connectivity index (χ1n) is 40.3. The van der Waals surface area contributed by atoms with E-state index in [1.165, 1.54) is 18.3 Å². The standard InChI is InChI=1S/C73H110N10O41/c74-73-82-62-40(64(108)83-73)80-28(17-79-62)16-78-27-10-8-26(9-11-27)63(107)81-30(65(109)110)12-13-39(92)77-14-4-1-2-7-38(91)76-15-5-3-6-29(90)18-75-19-31-55-41(93)48(100)66(111-31)119-56-32(20-84)113-68(50(102)43(56)95)121-58-34(22-86)115-70(52(104)45(58)97)123-60-36(24-88)117-72(54(106)47(60)99)124-61-37(25-89)116-71(53(105)46(61)98)122-59-35(23-87)114-69(51(103)44(59)96)120-57-33(21-85)112-67(118-55)49(101)42(57)94/h8-11,17,30-37,41-61,66-72,75,78,84-89,93-106H,1-7,12-16,18-25H2,(H,76,91)(H,77,92)(H,81,107)(H,109,110)(H3,74,79,82,83,108). The summed E-state index contributed by atoms with van der Waals surface area (Å²) < 4.78 is 81.6. The third kappa shape index (κ3) is 23.4. The molecule has 51 nitrogen and oxygen atoms in total. The van der Waals surface area contributed by atoms with Gasteiger partial charge >= 0.3 is 5.97 Å². The number of aliphatic hydroxyl groups excluding tert-OH is 20. The summed E-state index contributed by atoms with van der Waals surface area (Å²) in [6.07, 6.45) is -69.3. The van der Waals surface area contributed by atoms with E-state index in [4.69, 9.17) is 72.0 Å². The Morgan fingerprint density at radius 3 is 1.15 bits per heavy atom. The number of carbonyl (C=O) groups excluding carboxylic acids is 4. The van der Waals surface area contributed by atoms with Crippen LogP contribution in [0.1, 0.15) is 73.8 Å². The van der Waals surface area contributed by atoms with E-state index in [9.17, 15) is 136 Å². The Labute approximate surface area is 703 Å². The maximum absolute atomic E-state index is 13.4. The van der Waals surface area contributed by atoms with Crippen molar-refractivity contribution in [2.24, 2.45) is 0 Å². The molecule has 0 radical (unpaired) electrons. The highest BCUT2D eigenvalue weighted by Gasteiger charge is 2.60. The number of aromatic nitrogens is 4. The number of unbranched alkanes of at least 4 members (excludes halogenated alkanes) is 3. The molecule has 21 fully saturated rings. The number of carboxylic acid groups (broad SMARTS) is 1. The van der Waals surface area contributed by atoms with Gasteiger partial charge in [-0.05, 0) is 56.4 Å². The van der Waals surface area contributed by atoms with E-state index in [1.807, 2.05) is 0 Å². The Hall–Kier alpha value is -6.81. The first-order chi connectivity index (χ1) is 59.3. The first-order valence-corrected chi connectivity index (χ1v) is 40.3. The van der Waals surface area contributed by atoms with Crippen LogP contribution in [0.15, 0.2) is 35.3 Å². The maximum atomic E-state index is 13.4. The van der Waals surface area contributed by atoms with E-state index < -0.39 is 303 Å². The SMILES string of the molecule is Nc1nc2ncc(CNc3ccc(C(=O)NC(CCC(=O)NCCCCCC(=O)NCCCCC(=O)CNCC4OC5OC6C(CO)OC(OC7C(CO)OC(OC8C(CO)OC(OC9C(CO)OC(OC%10C(CO)OC(OC%11C(CO)OC(OC4C(O)C5O)C(O)C%11O)C(O)C%10O)C(O)C9O)C(O)C8O)C(O)C7O)C(O)C6O)C(=O)O)cc3)nc2c(=O)[nH]1. The molecule has 36 atom stereocenters. The Balaban J connectivity index is 0.676. The molecule has 1 aromatic carbocycles. The molecule has 3 aromatic rings. The number of hydrogen-bond donors (Lipinski definition) is 28. The molecular formula is C73H110N10O41. The topological polar surface area (TPSA) is 797 Å². The second-order valence-corrected chi connectivity index (χ2v) is 30.9. The minimum Gasteiger partial charge on any atom is -0.480 e. The second-order valence-electron chi connectivity index (χ2n) is 30.9. The lowest BCUT2D eigenvalue weighted by atomic mass is 9.95. The summed E-state index contributed by atoms with van der Waals surface area (Å²) in [5.41, 5.74) is 6.19. The van der Waals surface area contributed by atoms with Gasteiger partial charge in [-0.2, -0.15) is 4.98 Å². The fraction of sp³-hybridized carbons (Fsp3) is 0.767. The first kappa shape index (κ1) is 97.8. The molecule has 21 saturated heterocycles. The number of benzene rings is 1. The Bertz CT molecular complexity index is 3980. The average molecular weight is 1780 g/mol. The number of Topliss-reactive ketones (excluding diaryl/α,β-unsaturated/α-hetero) is 1. The minimum absolute atomic E-state index is 0.00252. The molecule has 698 valence electrons. The van der Waals surface area contributed by atoms with Gasteiger partial charge in [-0.1, -0.05) is 6.42 Å². The smallest absolute Gasteiger partial charge is 0.326 e. The van der Waals surface area contributed by atoms with Crippen LogP contribution in [0.25, 0.3) is 11.2 Å². The second kappa shape index (κ2) is 45.0. The number of carbonyl (C=O) groups is 5. The summed E-state index contributed by atoms with van der Waals surface area (Å²) in [6, 6.07) is 4.67. The summed E-state index contributed by atoms with van der Waals surface area (Å²) in [5.74, 6) is -3.33. The third-order valence-electron chi connectivity index (χ3n) is 22.2. The molecule has 36 unspecified atom stereocenters. The van der Waals surface area contributed by atoms with Gasteiger partial charge in [0.2, 0.25) is 17.8 Å². The molecule has 0 saturated carbocycles. The van der Waals surface area contributed by atoms with Gasteiger partial charge in [0.25, 0.3) is 11.5 Å². The lowest BCUT2D eigenvalue weighted by Crippen LogP contribution is -2.68. The minimum atomic E-state index is -2.29. The number of aliphatic hydroxyl groups is 20. The predicted molar refractivity (Wildman–Crippen MR) is 402 cm³/mol. The number of aliphatic carboxylic acids is 1. The Kier molecular flexibility index (Phi) is 35.5. The molecule has 14 bridgehead atoms. The number of ketones is 1. The van der Waals surface area contributed by atoms with Crippen LogP contribution in [0.2, 0.25) is 0 Å². The van der Waals surface area contributed by atoms with Crippen LogP contribution in [0.3, 0.4) is 0 Å². The number of rotatable bonds is 30. The van der Waals surface area contributed by atoms with E-state index in [1.54, 1.807) is 12.1 Å². The monoisotopic (exact) mass is 1780 g/mol. The number of nitrogens with zero attached hydrogens (tertiary/aromatic N) is 3. The van der Waals surface area contributed by atoms with Crippen LogP contribution in [-0.2, 0) is 92.0 Å². The predicted octanol–water partition coefficient (Wildman–Crippen LogP) is -14.2. The number of aromatic amines is 1. The molecule has 29 N–H and O–H groups in total. The van der Waals surface area contributed by atoms with Gasteiger partial charge in [-0.25, -0.2) is 14.8 Å². The number of nitrogens with one attached hydrogen (secondary N) is 6. The molecule has 24 rings (SSSR count). The molecular weight excluding hydrogens is 1670 g/mol. The summed E-state index contributed by atoms with van der Waals surface area (Å²) in [4.78, 5) is 90.8. The van der Waals surface area contributed by atoms with Gasteiger partial charge in [-0.3, -0.25) is 29.0 Å². The zero-order valence-corrected chi connectivity index (χ0v) is 66.3. The summed E-state index contributed by atoms with van der Waals surface area (Å²) in [5, 5.41) is 249. The molecule has 21 aliphatic rings. The number of hydrogen-bond acceptors (Lipinski definition) is 46. The molecule has 21 aliphatic heterocycles.